The molecule has 0 aliphatic carbocycles. The van der Waals surface area contributed by atoms with Gasteiger partial charge in [-0.25, -0.2) is 17.5 Å². The number of benzene rings is 1. The molecule has 18 heavy (non-hydrogen) atoms. The van der Waals surface area contributed by atoms with Crippen molar-refractivity contribution >= 4 is 10.0 Å². The Kier molecular flexibility index (Phi) is 4.30. The zero-order chi connectivity index (χ0) is 14.0. The summed E-state index contributed by atoms with van der Waals surface area (Å²) in [5.41, 5.74) is 3.50. The van der Waals surface area contributed by atoms with E-state index in [1.807, 2.05) is 4.72 Å². The lowest BCUT2D eigenvalue weighted by atomic mass is 10.2. The van der Waals surface area contributed by atoms with Crippen molar-refractivity contribution in [3.63, 3.8) is 0 Å². The molecule has 0 amide bonds. The van der Waals surface area contributed by atoms with E-state index in [0.717, 1.165) is 0 Å². The van der Waals surface area contributed by atoms with Gasteiger partial charge in [-0.2, -0.15) is 13.2 Å². The third-order valence-electron chi connectivity index (χ3n) is 1.97. The molecular weight excluding hydrogens is 276 g/mol. The average Bonchev–Trinajstić information content (AvgIpc) is 2.25. The van der Waals surface area contributed by atoms with Crippen LogP contribution in [0.25, 0.3) is 0 Å². The third-order valence-corrected chi connectivity index (χ3v) is 3.49. The summed E-state index contributed by atoms with van der Waals surface area (Å²) in [6, 6.07) is 1.35. The van der Waals surface area contributed by atoms with Gasteiger partial charge < -0.3 is 5.73 Å². The first-order chi connectivity index (χ1) is 8.18. The molecule has 1 aromatic carbocycles. The highest BCUT2D eigenvalue weighted by Gasteiger charge is 2.37. The van der Waals surface area contributed by atoms with Crippen LogP contribution in [0.4, 0.5) is 17.6 Å². The number of sulfonamides is 1. The van der Waals surface area contributed by atoms with E-state index in [4.69, 9.17) is 5.73 Å². The predicted octanol–water partition coefficient (Wildman–Crippen LogP) is 1.08. The van der Waals surface area contributed by atoms with Crippen LogP contribution in [0.15, 0.2) is 23.1 Å². The maximum atomic E-state index is 12.8. The van der Waals surface area contributed by atoms with Crippen LogP contribution in [0, 0.1) is 5.82 Å². The van der Waals surface area contributed by atoms with Crippen LogP contribution in [0.3, 0.4) is 0 Å². The number of rotatable bonds is 4. The molecular formula is C9H10F4N2O2S. The van der Waals surface area contributed by atoms with Gasteiger partial charge in [0, 0.05) is 13.1 Å². The van der Waals surface area contributed by atoms with Crippen molar-refractivity contribution in [1.82, 2.24) is 4.72 Å². The number of alkyl halides is 3. The second-order valence-corrected chi connectivity index (χ2v) is 5.06. The molecule has 102 valence electrons. The minimum absolute atomic E-state index is 0.0677. The van der Waals surface area contributed by atoms with Crippen LogP contribution in [0.2, 0.25) is 0 Å². The largest absolute Gasteiger partial charge is 0.417 e. The maximum Gasteiger partial charge on any atom is 0.417 e. The Bertz CT molecular complexity index is 528. The summed E-state index contributed by atoms with van der Waals surface area (Å²) in [7, 11) is -4.37. The molecule has 0 saturated heterocycles. The minimum atomic E-state index is -4.96. The van der Waals surface area contributed by atoms with Crippen molar-refractivity contribution in [3.8, 4) is 0 Å². The fraction of sp³-hybridized carbons (Fsp3) is 0.333. The Labute approximate surface area is 101 Å². The normalized spacial score (nSPS) is 12.7. The van der Waals surface area contributed by atoms with Gasteiger partial charge in [0.05, 0.1) is 10.5 Å². The van der Waals surface area contributed by atoms with E-state index in [1.54, 1.807) is 0 Å². The van der Waals surface area contributed by atoms with Gasteiger partial charge in [0.25, 0.3) is 0 Å². The summed E-state index contributed by atoms with van der Waals surface area (Å²) in [5, 5.41) is 0. The number of nitrogens with one attached hydrogen (secondary N) is 1. The fourth-order valence-electron chi connectivity index (χ4n) is 1.23. The van der Waals surface area contributed by atoms with Crippen molar-refractivity contribution in [2.75, 3.05) is 13.1 Å². The first-order valence-electron chi connectivity index (χ1n) is 4.75. The highest BCUT2D eigenvalue weighted by molar-refractivity contribution is 7.89. The molecule has 1 rings (SSSR count). The zero-order valence-corrected chi connectivity index (χ0v) is 9.78. The molecule has 0 heterocycles. The highest BCUT2D eigenvalue weighted by atomic mass is 32.2. The number of hydrogen-bond acceptors (Lipinski definition) is 3. The van der Waals surface area contributed by atoms with E-state index in [9.17, 15) is 26.0 Å². The standard InChI is InChI=1S/C9H10F4N2O2S/c10-6-1-2-8(7(5-6)9(11,12)13)18(16,17)15-4-3-14/h1-2,5,15H,3-4,14H2. The molecule has 0 atom stereocenters. The molecule has 3 N–H and O–H groups in total. The summed E-state index contributed by atoms with van der Waals surface area (Å²) >= 11 is 0. The molecule has 0 fully saturated rings. The lowest BCUT2D eigenvalue weighted by Crippen LogP contribution is -2.30. The van der Waals surface area contributed by atoms with Gasteiger partial charge in [-0.15, -0.1) is 0 Å². The van der Waals surface area contributed by atoms with Crippen LogP contribution in [-0.4, -0.2) is 21.5 Å². The lowest BCUT2D eigenvalue weighted by molar-refractivity contribution is -0.140. The first kappa shape index (κ1) is 14.9. The number of hydrogen-bond donors (Lipinski definition) is 2. The Morgan fingerprint density at radius 2 is 1.89 bits per heavy atom. The average molecular weight is 286 g/mol. The van der Waals surface area contributed by atoms with E-state index in [-0.39, 0.29) is 19.2 Å². The summed E-state index contributed by atoms with van der Waals surface area (Å²) < 4.78 is 75.6. The fourth-order valence-corrected chi connectivity index (χ4v) is 2.48. The summed E-state index contributed by atoms with van der Waals surface area (Å²) in [4.78, 5) is -1.02. The van der Waals surface area contributed by atoms with Gasteiger partial charge in [-0.3, -0.25) is 0 Å². The summed E-state index contributed by atoms with van der Waals surface area (Å²) in [6.07, 6.45) is -4.96. The monoisotopic (exact) mass is 286 g/mol. The van der Waals surface area contributed by atoms with E-state index < -0.39 is 32.5 Å². The van der Waals surface area contributed by atoms with Gasteiger partial charge in [0.15, 0.2) is 0 Å². The molecule has 0 unspecified atom stereocenters. The number of nitrogens with two attached hydrogens (primary N) is 1. The van der Waals surface area contributed by atoms with E-state index in [0.29, 0.717) is 12.1 Å². The molecule has 0 aromatic heterocycles. The Morgan fingerprint density at radius 3 is 2.39 bits per heavy atom. The first-order valence-corrected chi connectivity index (χ1v) is 6.23. The van der Waals surface area contributed by atoms with Gasteiger partial charge in [-0.1, -0.05) is 0 Å². The van der Waals surface area contributed by atoms with Crippen LogP contribution < -0.4 is 10.5 Å². The minimum Gasteiger partial charge on any atom is -0.329 e. The Balaban J connectivity index is 3.33. The lowest BCUT2D eigenvalue weighted by Gasteiger charge is -2.13. The second kappa shape index (κ2) is 5.21. The second-order valence-electron chi connectivity index (χ2n) is 3.32. The van der Waals surface area contributed by atoms with E-state index in [1.165, 1.54) is 0 Å². The molecule has 4 nitrogen and oxygen atoms in total. The van der Waals surface area contributed by atoms with Crippen molar-refractivity contribution in [1.29, 1.82) is 0 Å². The molecule has 9 heteroatoms. The highest BCUT2D eigenvalue weighted by Crippen LogP contribution is 2.34. The van der Waals surface area contributed by atoms with Crippen molar-refractivity contribution < 1.29 is 26.0 Å². The Morgan fingerprint density at radius 1 is 1.28 bits per heavy atom. The van der Waals surface area contributed by atoms with Crippen molar-refractivity contribution in [2.45, 2.75) is 11.1 Å². The van der Waals surface area contributed by atoms with Crippen LogP contribution in [0.1, 0.15) is 5.56 Å². The molecule has 0 spiro atoms. The quantitative estimate of drug-likeness (QED) is 0.814. The molecule has 0 aliphatic heterocycles. The van der Waals surface area contributed by atoms with Crippen LogP contribution >= 0.6 is 0 Å². The summed E-state index contributed by atoms with van der Waals surface area (Å²) in [6.45, 7) is -0.279. The predicted molar refractivity (Wildman–Crippen MR) is 55.6 cm³/mol. The van der Waals surface area contributed by atoms with Crippen LogP contribution in [-0.2, 0) is 16.2 Å². The van der Waals surface area contributed by atoms with Crippen molar-refractivity contribution in [2.24, 2.45) is 5.73 Å². The van der Waals surface area contributed by atoms with Gasteiger partial charge in [-0.05, 0) is 18.2 Å². The van der Waals surface area contributed by atoms with Crippen molar-refractivity contribution in [3.05, 3.63) is 29.6 Å². The van der Waals surface area contributed by atoms with Gasteiger partial charge >= 0.3 is 6.18 Å². The number of halogens is 4. The van der Waals surface area contributed by atoms with Crippen LogP contribution in [0.5, 0.6) is 0 Å². The topological polar surface area (TPSA) is 72.2 Å². The summed E-state index contributed by atoms with van der Waals surface area (Å²) in [5.74, 6) is -1.17. The maximum absolute atomic E-state index is 12.8. The molecule has 0 saturated carbocycles. The molecule has 0 aliphatic rings. The van der Waals surface area contributed by atoms with E-state index >= 15 is 0 Å². The van der Waals surface area contributed by atoms with E-state index in [2.05, 4.69) is 0 Å². The zero-order valence-electron chi connectivity index (χ0n) is 8.96. The SMILES string of the molecule is NCCNS(=O)(=O)c1ccc(F)cc1C(F)(F)F. The van der Waals surface area contributed by atoms with Gasteiger partial charge in [0.1, 0.15) is 5.82 Å². The third kappa shape index (κ3) is 3.40. The Hall–Kier alpha value is -1.19. The molecule has 1 aromatic rings. The molecule has 0 radical (unpaired) electrons. The van der Waals surface area contributed by atoms with Gasteiger partial charge in [0.2, 0.25) is 10.0 Å². The molecule has 0 bridgehead atoms. The smallest absolute Gasteiger partial charge is 0.329 e.